The Bertz CT molecular complexity index is 762. The number of hydrogen-bond acceptors (Lipinski definition) is 3. The van der Waals surface area contributed by atoms with Crippen LogP contribution in [0.15, 0.2) is 51.4 Å². The number of aromatic nitrogens is 1. The van der Waals surface area contributed by atoms with Gasteiger partial charge in [-0.2, -0.15) is 0 Å². The molecule has 0 aliphatic carbocycles. The summed E-state index contributed by atoms with van der Waals surface area (Å²) in [6, 6.07) is 12.0. The van der Waals surface area contributed by atoms with E-state index in [9.17, 15) is 4.79 Å². The highest BCUT2D eigenvalue weighted by atomic mass is 79.9. The fourth-order valence-electron chi connectivity index (χ4n) is 1.78. The summed E-state index contributed by atoms with van der Waals surface area (Å²) in [5.41, 5.74) is 2.44. The summed E-state index contributed by atoms with van der Waals surface area (Å²) in [5, 5.41) is 8.85. The van der Waals surface area contributed by atoms with Crippen LogP contribution < -0.4 is 0 Å². The number of carboxylic acids is 1. The number of carboxylic acid groups (broad SMARTS) is 1. The molecule has 0 unspecified atom stereocenters. The molecule has 0 bridgehead atoms. The van der Waals surface area contributed by atoms with Crippen molar-refractivity contribution in [3.8, 4) is 11.5 Å². The SMILES string of the molecule is O=C(O)c1ccc(-c2nc3cc(Br)ccc3o2)cc1. The molecule has 0 fully saturated rings. The lowest BCUT2D eigenvalue weighted by Gasteiger charge is -1.96. The first-order valence-corrected chi connectivity index (χ1v) is 6.32. The predicted octanol–water partition coefficient (Wildman–Crippen LogP) is 3.96. The second kappa shape index (κ2) is 4.51. The summed E-state index contributed by atoms with van der Waals surface area (Å²) < 4.78 is 6.56. The minimum Gasteiger partial charge on any atom is -0.478 e. The molecule has 0 saturated heterocycles. The van der Waals surface area contributed by atoms with Crippen molar-refractivity contribution in [2.75, 3.05) is 0 Å². The van der Waals surface area contributed by atoms with Crippen molar-refractivity contribution in [3.63, 3.8) is 0 Å². The Labute approximate surface area is 116 Å². The largest absolute Gasteiger partial charge is 0.478 e. The topological polar surface area (TPSA) is 63.3 Å². The lowest BCUT2D eigenvalue weighted by atomic mass is 10.1. The molecule has 5 heteroatoms. The van der Waals surface area contributed by atoms with Gasteiger partial charge < -0.3 is 9.52 Å². The van der Waals surface area contributed by atoms with Crippen LogP contribution in [0.4, 0.5) is 0 Å². The standard InChI is InChI=1S/C14H8BrNO3/c15-10-5-6-12-11(7-10)16-13(19-12)8-1-3-9(4-2-8)14(17)18/h1-7H,(H,17,18). The van der Waals surface area contributed by atoms with Crippen molar-refractivity contribution in [1.82, 2.24) is 4.98 Å². The highest BCUT2D eigenvalue weighted by Crippen LogP contribution is 2.26. The van der Waals surface area contributed by atoms with Crippen LogP contribution >= 0.6 is 15.9 Å². The highest BCUT2D eigenvalue weighted by molar-refractivity contribution is 9.10. The van der Waals surface area contributed by atoms with E-state index in [0.717, 1.165) is 15.6 Å². The number of halogens is 1. The van der Waals surface area contributed by atoms with Crippen LogP contribution in [0.2, 0.25) is 0 Å². The van der Waals surface area contributed by atoms with Crippen molar-refractivity contribution >= 4 is 33.0 Å². The lowest BCUT2D eigenvalue weighted by molar-refractivity contribution is 0.0697. The average molecular weight is 318 g/mol. The Balaban J connectivity index is 2.06. The van der Waals surface area contributed by atoms with E-state index in [1.807, 2.05) is 18.2 Å². The van der Waals surface area contributed by atoms with Gasteiger partial charge in [-0.3, -0.25) is 0 Å². The lowest BCUT2D eigenvalue weighted by Crippen LogP contribution is -1.94. The number of aromatic carboxylic acids is 1. The van der Waals surface area contributed by atoms with Crippen molar-refractivity contribution in [2.45, 2.75) is 0 Å². The molecule has 94 valence electrons. The summed E-state index contributed by atoms with van der Waals surface area (Å²) >= 11 is 3.38. The number of nitrogens with zero attached hydrogens (tertiary/aromatic N) is 1. The van der Waals surface area contributed by atoms with Gasteiger partial charge in [0.05, 0.1) is 5.56 Å². The minimum atomic E-state index is -0.951. The van der Waals surface area contributed by atoms with E-state index in [-0.39, 0.29) is 5.56 Å². The van der Waals surface area contributed by atoms with Crippen LogP contribution in [0.1, 0.15) is 10.4 Å². The second-order valence-corrected chi connectivity index (χ2v) is 4.93. The van der Waals surface area contributed by atoms with E-state index >= 15 is 0 Å². The zero-order valence-corrected chi connectivity index (χ0v) is 11.2. The normalized spacial score (nSPS) is 10.8. The molecule has 1 aromatic heterocycles. The number of hydrogen-bond donors (Lipinski definition) is 1. The molecule has 4 nitrogen and oxygen atoms in total. The molecule has 0 radical (unpaired) electrons. The molecule has 0 spiro atoms. The number of carbonyl (C=O) groups is 1. The molecule has 0 aliphatic rings. The molecule has 1 heterocycles. The van der Waals surface area contributed by atoms with Crippen molar-refractivity contribution in [1.29, 1.82) is 0 Å². The van der Waals surface area contributed by atoms with Crippen LogP contribution in [-0.2, 0) is 0 Å². The van der Waals surface area contributed by atoms with Gasteiger partial charge in [0.15, 0.2) is 5.58 Å². The molecular weight excluding hydrogens is 310 g/mol. The maximum Gasteiger partial charge on any atom is 0.335 e. The third kappa shape index (κ3) is 2.24. The smallest absolute Gasteiger partial charge is 0.335 e. The third-order valence-electron chi connectivity index (χ3n) is 2.73. The molecule has 3 aromatic rings. The Hall–Kier alpha value is -2.14. The maximum atomic E-state index is 10.8. The first-order chi connectivity index (χ1) is 9.13. The molecule has 0 amide bonds. The van der Waals surface area contributed by atoms with Crippen LogP contribution in [0, 0.1) is 0 Å². The number of benzene rings is 2. The molecular formula is C14H8BrNO3. The highest BCUT2D eigenvalue weighted by Gasteiger charge is 2.09. The van der Waals surface area contributed by atoms with Crippen LogP contribution in [0.5, 0.6) is 0 Å². The Morgan fingerprint density at radius 2 is 1.89 bits per heavy atom. The second-order valence-electron chi connectivity index (χ2n) is 4.01. The van der Waals surface area contributed by atoms with Gasteiger partial charge >= 0.3 is 5.97 Å². The first-order valence-electron chi connectivity index (χ1n) is 5.53. The van der Waals surface area contributed by atoms with Gasteiger partial charge in [0.1, 0.15) is 5.52 Å². The maximum absolute atomic E-state index is 10.8. The molecule has 0 saturated carbocycles. The molecule has 1 N–H and O–H groups in total. The molecule has 3 rings (SSSR count). The van der Waals surface area contributed by atoms with Gasteiger partial charge in [-0.05, 0) is 42.5 Å². The van der Waals surface area contributed by atoms with Gasteiger partial charge in [0.25, 0.3) is 0 Å². The van der Waals surface area contributed by atoms with Crippen LogP contribution in [0.25, 0.3) is 22.6 Å². The Kier molecular flexibility index (Phi) is 2.83. The van der Waals surface area contributed by atoms with Gasteiger partial charge in [0.2, 0.25) is 5.89 Å². The summed E-state index contributed by atoms with van der Waals surface area (Å²) in [7, 11) is 0. The van der Waals surface area contributed by atoms with E-state index in [1.54, 1.807) is 12.1 Å². The van der Waals surface area contributed by atoms with E-state index in [0.29, 0.717) is 11.5 Å². The fraction of sp³-hybridized carbons (Fsp3) is 0. The number of oxazole rings is 1. The fourth-order valence-corrected chi connectivity index (χ4v) is 2.13. The van der Waals surface area contributed by atoms with Crippen LogP contribution in [-0.4, -0.2) is 16.1 Å². The van der Waals surface area contributed by atoms with Gasteiger partial charge in [-0.25, -0.2) is 9.78 Å². The average Bonchev–Trinajstić information content (AvgIpc) is 2.81. The summed E-state index contributed by atoms with van der Waals surface area (Å²) in [5.74, 6) is -0.474. The van der Waals surface area contributed by atoms with Crippen LogP contribution in [0.3, 0.4) is 0 Å². The third-order valence-corrected chi connectivity index (χ3v) is 3.22. The van der Waals surface area contributed by atoms with Gasteiger partial charge in [-0.1, -0.05) is 15.9 Å². The van der Waals surface area contributed by atoms with Crippen molar-refractivity contribution in [2.24, 2.45) is 0 Å². The Morgan fingerprint density at radius 3 is 2.58 bits per heavy atom. The summed E-state index contributed by atoms with van der Waals surface area (Å²) in [4.78, 5) is 15.2. The molecule has 19 heavy (non-hydrogen) atoms. The van der Waals surface area contributed by atoms with Crippen molar-refractivity contribution < 1.29 is 14.3 Å². The molecule has 0 aliphatic heterocycles. The van der Waals surface area contributed by atoms with Crippen molar-refractivity contribution in [3.05, 3.63) is 52.5 Å². The first kappa shape index (κ1) is 11.9. The van der Waals surface area contributed by atoms with E-state index in [2.05, 4.69) is 20.9 Å². The Morgan fingerprint density at radius 1 is 1.16 bits per heavy atom. The summed E-state index contributed by atoms with van der Waals surface area (Å²) in [6.45, 7) is 0. The summed E-state index contributed by atoms with van der Waals surface area (Å²) in [6.07, 6.45) is 0. The predicted molar refractivity (Wildman–Crippen MR) is 74.1 cm³/mol. The number of fused-ring (bicyclic) bond motifs is 1. The quantitative estimate of drug-likeness (QED) is 0.777. The van der Waals surface area contributed by atoms with E-state index < -0.39 is 5.97 Å². The zero-order chi connectivity index (χ0) is 13.4. The minimum absolute atomic E-state index is 0.239. The van der Waals surface area contributed by atoms with Gasteiger partial charge in [-0.15, -0.1) is 0 Å². The van der Waals surface area contributed by atoms with E-state index in [4.69, 9.17) is 9.52 Å². The van der Waals surface area contributed by atoms with Gasteiger partial charge in [0, 0.05) is 10.0 Å². The molecule has 0 atom stereocenters. The monoisotopic (exact) mass is 317 g/mol. The number of rotatable bonds is 2. The van der Waals surface area contributed by atoms with E-state index in [1.165, 1.54) is 12.1 Å². The zero-order valence-electron chi connectivity index (χ0n) is 9.63. The molecule has 2 aromatic carbocycles.